The van der Waals surface area contributed by atoms with Crippen LogP contribution in [0.4, 0.5) is 4.39 Å². The summed E-state index contributed by atoms with van der Waals surface area (Å²) in [6, 6.07) is 0. The van der Waals surface area contributed by atoms with E-state index < -0.39 is 12.1 Å². The lowest BCUT2D eigenvalue weighted by Gasteiger charge is -2.22. The second kappa shape index (κ2) is 4.40. The summed E-state index contributed by atoms with van der Waals surface area (Å²) in [6.07, 6.45) is -0.311. The monoisotopic (exact) mass is 176 g/mol. The lowest BCUT2D eigenvalue weighted by atomic mass is 10.1. The Bertz CT molecular complexity index is 152. The normalized spacial score (nSPS) is 21.8. The van der Waals surface area contributed by atoms with Gasteiger partial charge in [-0.1, -0.05) is 0 Å². The summed E-state index contributed by atoms with van der Waals surface area (Å²) < 4.78 is 22.3. The van der Waals surface area contributed by atoms with Gasteiger partial charge in [0, 0.05) is 12.8 Å². The Kier molecular flexibility index (Phi) is 3.47. The molecule has 0 aliphatic carbocycles. The third-order valence-corrected chi connectivity index (χ3v) is 1.78. The molecule has 0 spiro atoms. The van der Waals surface area contributed by atoms with Crippen LogP contribution in [-0.4, -0.2) is 31.5 Å². The molecule has 1 heterocycles. The highest BCUT2D eigenvalue weighted by Gasteiger charge is 2.21. The zero-order valence-electron chi connectivity index (χ0n) is 7.09. The van der Waals surface area contributed by atoms with Crippen molar-refractivity contribution in [1.29, 1.82) is 0 Å². The van der Waals surface area contributed by atoms with Gasteiger partial charge in [0.1, 0.15) is 6.10 Å². The standard InChI is InChI=1S/C8H13FO3/c1-6(9)8(10)12-7-2-4-11-5-3-7/h6-7H,2-5H2,1H3. The molecule has 0 saturated carbocycles. The molecule has 3 nitrogen and oxygen atoms in total. The summed E-state index contributed by atoms with van der Waals surface area (Å²) >= 11 is 0. The molecule has 0 radical (unpaired) electrons. The van der Waals surface area contributed by atoms with Crippen LogP contribution in [0.25, 0.3) is 0 Å². The molecular formula is C8H13FO3. The number of alkyl halides is 1. The minimum Gasteiger partial charge on any atom is -0.460 e. The molecular weight excluding hydrogens is 163 g/mol. The van der Waals surface area contributed by atoms with E-state index in [1.807, 2.05) is 0 Å². The first-order valence-corrected chi connectivity index (χ1v) is 4.12. The van der Waals surface area contributed by atoms with Gasteiger partial charge in [0.2, 0.25) is 0 Å². The van der Waals surface area contributed by atoms with Crippen LogP contribution in [0.15, 0.2) is 0 Å². The number of esters is 1. The van der Waals surface area contributed by atoms with E-state index in [0.29, 0.717) is 26.1 Å². The van der Waals surface area contributed by atoms with Gasteiger partial charge in [-0.3, -0.25) is 0 Å². The molecule has 1 fully saturated rings. The molecule has 12 heavy (non-hydrogen) atoms. The van der Waals surface area contributed by atoms with E-state index >= 15 is 0 Å². The molecule has 0 aromatic heterocycles. The zero-order chi connectivity index (χ0) is 8.97. The maximum atomic E-state index is 12.3. The van der Waals surface area contributed by atoms with Crippen molar-refractivity contribution in [1.82, 2.24) is 0 Å². The molecule has 1 aliphatic rings. The van der Waals surface area contributed by atoms with E-state index in [0.717, 1.165) is 0 Å². The summed E-state index contributed by atoms with van der Waals surface area (Å²) in [6.45, 7) is 2.37. The predicted molar refractivity (Wildman–Crippen MR) is 40.5 cm³/mol. The summed E-state index contributed by atoms with van der Waals surface area (Å²) in [5.41, 5.74) is 0. The van der Waals surface area contributed by atoms with Crippen LogP contribution < -0.4 is 0 Å². The lowest BCUT2D eigenvalue weighted by molar-refractivity contribution is -0.158. The van der Waals surface area contributed by atoms with Gasteiger partial charge in [0.15, 0.2) is 6.17 Å². The summed E-state index contributed by atoms with van der Waals surface area (Å²) in [4.78, 5) is 10.8. The van der Waals surface area contributed by atoms with Crippen molar-refractivity contribution in [3.63, 3.8) is 0 Å². The van der Waals surface area contributed by atoms with E-state index in [4.69, 9.17) is 9.47 Å². The average molecular weight is 176 g/mol. The number of rotatable bonds is 2. The Morgan fingerprint density at radius 2 is 2.17 bits per heavy atom. The first kappa shape index (κ1) is 9.45. The number of hydrogen-bond acceptors (Lipinski definition) is 3. The van der Waals surface area contributed by atoms with Crippen LogP contribution in [0.3, 0.4) is 0 Å². The highest BCUT2D eigenvalue weighted by atomic mass is 19.1. The highest BCUT2D eigenvalue weighted by Crippen LogP contribution is 2.11. The summed E-state index contributed by atoms with van der Waals surface area (Å²) in [5, 5.41) is 0. The first-order valence-electron chi connectivity index (χ1n) is 4.12. The van der Waals surface area contributed by atoms with Crippen molar-refractivity contribution < 1.29 is 18.7 Å². The molecule has 1 aliphatic heterocycles. The van der Waals surface area contributed by atoms with Gasteiger partial charge in [0.25, 0.3) is 0 Å². The van der Waals surface area contributed by atoms with Crippen LogP contribution in [0.5, 0.6) is 0 Å². The van der Waals surface area contributed by atoms with Crippen molar-refractivity contribution in [2.75, 3.05) is 13.2 Å². The third-order valence-electron chi connectivity index (χ3n) is 1.78. The van der Waals surface area contributed by atoms with Gasteiger partial charge in [-0.05, 0) is 6.92 Å². The smallest absolute Gasteiger partial charge is 0.340 e. The highest BCUT2D eigenvalue weighted by molar-refractivity contribution is 5.74. The zero-order valence-corrected chi connectivity index (χ0v) is 7.09. The average Bonchev–Trinajstić information content (AvgIpc) is 2.06. The minimum atomic E-state index is -1.52. The fraction of sp³-hybridized carbons (Fsp3) is 0.875. The van der Waals surface area contributed by atoms with Crippen molar-refractivity contribution in [2.24, 2.45) is 0 Å². The Labute approximate surface area is 70.8 Å². The third kappa shape index (κ3) is 2.77. The van der Waals surface area contributed by atoms with Crippen LogP contribution in [0, 0.1) is 0 Å². The van der Waals surface area contributed by atoms with Crippen molar-refractivity contribution in [3.8, 4) is 0 Å². The number of carbonyl (C=O) groups excluding carboxylic acids is 1. The Balaban J connectivity index is 2.24. The van der Waals surface area contributed by atoms with E-state index in [-0.39, 0.29) is 6.10 Å². The van der Waals surface area contributed by atoms with Gasteiger partial charge < -0.3 is 9.47 Å². The van der Waals surface area contributed by atoms with Gasteiger partial charge >= 0.3 is 5.97 Å². The largest absolute Gasteiger partial charge is 0.460 e. The van der Waals surface area contributed by atoms with E-state index in [1.165, 1.54) is 6.92 Å². The van der Waals surface area contributed by atoms with E-state index in [9.17, 15) is 9.18 Å². The molecule has 0 amide bonds. The molecule has 70 valence electrons. The van der Waals surface area contributed by atoms with Gasteiger partial charge in [0.05, 0.1) is 13.2 Å². The second-order valence-electron chi connectivity index (χ2n) is 2.86. The van der Waals surface area contributed by atoms with Crippen LogP contribution in [0.1, 0.15) is 19.8 Å². The number of carbonyl (C=O) groups is 1. The lowest BCUT2D eigenvalue weighted by Crippen LogP contribution is -2.29. The SMILES string of the molecule is CC(F)C(=O)OC1CCOCC1. The molecule has 0 aromatic rings. The van der Waals surface area contributed by atoms with E-state index in [1.54, 1.807) is 0 Å². The fourth-order valence-corrected chi connectivity index (χ4v) is 1.05. The molecule has 0 N–H and O–H groups in total. The van der Waals surface area contributed by atoms with Gasteiger partial charge in [-0.25, -0.2) is 9.18 Å². The molecule has 1 atom stereocenters. The van der Waals surface area contributed by atoms with Gasteiger partial charge in [-0.15, -0.1) is 0 Å². The predicted octanol–water partition coefficient (Wildman–Crippen LogP) is 1.07. The van der Waals surface area contributed by atoms with Crippen LogP contribution in [-0.2, 0) is 14.3 Å². The van der Waals surface area contributed by atoms with Crippen molar-refractivity contribution in [3.05, 3.63) is 0 Å². The molecule has 4 heteroatoms. The maximum Gasteiger partial charge on any atom is 0.340 e. The van der Waals surface area contributed by atoms with Gasteiger partial charge in [-0.2, -0.15) is 0 Å². The molecule has 1 unspecified atom stereocenters. The second-order valence-corrected chi connectivity index (χ2v) is 2.86. The van der Waals surface area contributed by atoms with Crippen molar-refractivity contribution in [2.45, 2.75) is 32.0 Å². The van der Waals surface area contributed by atoms with Crippen LogP contribution in [0.2, 0.25) is 0 Å². The number of halogens is 1. The minimum absolute atomic E-state index is 0.149. The molecule has 0 aromatic carbocycles. The fourth-order valence-electron chi connectivity index (χ4n) is 1.05. The Morgan fingerprint density at radius 1 is 1.58 bits per heavy atom. The van der Waals surface area contributed by atoms with Crippen molar-refractivity contribution >= 4 is 5.97 Å². The molecule has 1 rings (SSSR count). The number of hydrogen-bond donors (Lipinski definition) is 0. The Morgan fingerprint density at radius 3 is 2.67 bits per heavy atom. The quantitative estimate of drug-likeness (QED) is 0.590. The summed E-state index contributed by atoms with van der Waals surface area (Å²) in [5.74, 6) is -0.762. The molecule has 1 saturated heterocycles. The van der Waals surface area contributed by atoms with E-state index in [2.05, 4.69) is 0 Å². The summed E-state index contributed by atoms with van der Waals surface area (Å²) in [7, 11) is 0. The van der Waals surface area contributed by atoms with Crippen LogP contribution >= 0.6 is 0 Å². The first-order chi connectivity index (χ1) is 5.70. The number of ether oxygens (including phenoxy) is 2. The Hall–Kier alpha value is -0.640. The molecule has 0 bridgehead atoms. The topological polar surface area (TPSA) is 35.5 Å². The maximum absolute atomic E-state index is 12.3.